The molecule has 6 nitrogen and oxygen atoms in total. The van der Waals surface area contributed by atoms with Crippen LogP contribution in [0.15, 0.2) is 35.2 Å². The zero-order valence-electron chi connectivity index (χ0n) is 13.0. The third kappa shape index (κ3) is 5.07. The smallest absolute Gasteiger partial charge is 0.251 e. The molecule has 2 amide bonds. The molecular weight excluding hydrogens is 314 g/mol. The number of benzene rings is 1. The summed E-state index contributed by atoms with van der Waals surface area (Å²) in [6, 6.07) is 6.16. The number of ether oxygens (including phenoxy) is 1. The van der Waals surface area contributed by atoms with Gasteiger partial charge in [-0.25, -0.2) is 4.98 Å². The molecule has 0 spiro atoms. The largest absolute Gasteiger partial charge is 0.494 e. The molecule has 1 aromatic heterocycles. The van der Waals surface area contributed by atoms with E-state index in [1.165, 1.54) is 11.3 Å². The molecule has 23 heavy (non-hydrogen) atoms. The first-order chi connectivity index (χ1) is 11.1. The van der Waals surface area contributed by atoms with E-state index < -0.39 is 6.04 Å². The summed E-state index contributed by atoms with van der Waals surface area (Å²) in [5.74, 6) is 0.153. The summed E-state index contributed by atoms with van der Waals surface area (Å²) >= 11 is 1.47. The van der Waals surface area contributed by atoms with Crippen LogP contribution in [0.3, 0.4) is 0 Å². The minimum Gasteiger partial charge on any atom is -0.494 e. The second kappa shape index (κ2) is 8.28. The Morgan fingerprint density at radius 1 is 1.30 bits per heavy atom. The van der Waals surface area contributed by atoms with Crippen molar-refractivity contribution in [3.8, 4) is 5.75 Å². The van der Waals surface area contributed by atoms with Crippen molar-refractivity contribution in [3.05, 3.63) is 46.4 Å². The molecule has 1 heterocycles. The average molecular weight is 333 g/mol. The maximum Gasteiger partial charge on any atom is 0.251 e. The first kappa shape index (κ1) is 17.0. The summed E-state index contributed by atoms with van der Waals surface area (Å²) in [5, 5.41) is 7.27. The average Bonchev–Trinajstić information content (AvgIpc) is 3.07. The van der Waals surface area contributed by atoms with E-state index in [9.17, 15) is 9.59 Å². The van der Waals surface area contributed by atoms with Gasteiger partial charge >= 0.3 is 0 Å². The van der Waals surface area contributed by atoms with Crippen molar-refractivity contribution >= 4 is 23.2 Å². The zero-order valence-corrected chi connectivity index (χ0v) is 13.9. The van der Waals surface area contributed by atoms with Gasteiger partial charge in [-0.2, -0.15) is 0 Å². The highest BCUT2D eigenvalue weighted by molar-refractivity contribution is 7.07. The number of hydrogen-bond donors (Lipinski definition) is 2. The van der Waals surface area contributed by atoms with Gasteiger partial charge in [0, 0.05) is 10.9 Å². The van der Waals surface area contributed by atoms with Crippen LogP contribution in [0.4, 0.5) is 0 Å². The van der Waals surface area contributed by atoms with Crippen molar-refractivity contribution in [2.24, 2.45) is 0 Å². The molecule has 1 aromatic carbocycles. The van der Waals surface area contributed by atoms with E-state index in [1.54, 1.807) is 36.7 Å². The van der Waals surface area contributed by atoms with Crippen molar-refractivity contribution in [2.45, 2.75) is 26.4 Å². The van der Waals surface area contributed by atoms with E-state index in [0.29, 0.717) is 24.5 Å². The second-order valence-electron chi connectivity index (χ2n) is 4.85. The summed E-state index contributed by atoms with van der Waals surface area (Å²) in [5.41, 5.74) is 2.99. The van der Waals surface area contributed by atoms with Crippen molar-refractivity contribution in [1.29, 1.82) is 0 Å². The van der Waals surface area contributed by atoms with Crippen LogP contribution >= 0.6 is 11.3 Å². The van der Waals surface area contributed by atoms with Gasteiger partial charge in [0.1, 0.15) is 11.8 Å². The Balaban J connectivity index is 1.84. The van der Waals surface area contributed by atoms with Crippen molar-refractivity contribution in [1.82, 2.24) is 15.6 Å². The molecule has 0 aliphatic carbocycles. The Kier molecular flexibility index (Phi) is 6.10. The monoisotopic (exact) mass is 333 g/mol. The Bertz CT molecular complexity index is 641. The maximum absolute atomic E-state index is 12.1. The van der Waals surface area contributed by atoms with Gasteiger partial charge in [-0.05, 0) is 38.1 Å². The van der Waals surface area contributed by atoms with Crippen LogP contribution in [-0.4, -0.2) is 29.4 Å². The Hall–Kier alpha value is -2.41. The lowest BCUT2D eigenvalue weighted by Crippen LogP contribution is -2.44. The number of rotatable bonds is 7. The van der Waals surface area contributed by atoms with E-state index in [1.807, 2.05) is 12.3 Å². The fourth-order valence-corrected chi connectivity index (χ4v) is 2.43. The normalized spacial score (nSPS) is 11.6. The number of nitrogens with zero attached hydrogens (tertiary/aromatic N) is 1. The van der Waals surface area contributed by atoms with Gasteiger partial charge < -0.3 is 15.4 Å². The second-order valence-corrected chi connectivity index (χ2v) is 5.57. The molecule has 7 heteroatoms. The van der Waals surface area contributed by atoms with Crippen LogP contribution in [0.1, 0.15) is 29.9 Å². The summed E-state index contributed by atoms with van der Waals surface area (Å²) in [6.45, 7) is 4.46. The fraction of sp³-hybridized carbons (Fsp3) is 0.312. The Morgan fingerprint density at radius 2 is 2.04 bits per heavy atom. The van der Waals surface area contributed by atoms with Crippen LogP contribution in [-0.2, 0) is 11.3 Å². The number of aromatic nitrogens is 1. The molecule has 0 bridgehead atoms. The van der Waals surface area contributed by atoms with E-state index >= 15 is 0 Å². The number of nitrogens with one attached hydrogen (secondary N) is 2. The molecule has 2 rings (SSSR count). The summed E-state index contributed by atoms with van der Waals surface area (Å²) in [7, 11) is 0. The van der Waals surface area contributed by atoms with Gasteiger partial charge in [0.25, 0.3) is 5.91 Å². The van der Waals surface area contributed by atoms with E-state index in [0.717, 1.165) is 5.69 Å². The van der Waals surface area contributed by atoms with Gasteiger partial charge in [-0.15, -0.1) is 11.3 Å². The zero-order chi connectivity index (χ0) is 16.7. The van der Waals surface area contributed by atoms with Gasteiger partial charge in [-0.1, -0.05) is 0 Å². The van der Waals surface area contributed by atoms with E-state index in [2.05, 4.69) is 15.6 Å². The minimum atomic E-state index is -0.632. The van der Waals surface area contributed by atoms with Crippen molar-refractivity contribution in [3.63, 3.8) is 0 Å². The van der Waals surface area contributed by atoms with Crippen molar-refractivity contribution in [2.75, 3.05) is 6.61 Å². The lowest BCUT2D eigenvalue weighted by molar-refractivity contribution is -0.122. The Labute approximate surface area is 138 Å². The highest BCUT2D eigenvalue weighted by Crippen LogP contribution is 2.12. The number of amides is 2. The SMILES string of the molecule is CCOc1ccc(C(=O)NC(C)C(=O)NCc2cscn2)cc1. The molecule has 0 saturated heterocycles. The first-order valence-corrected chi connectivity index (χ1v) is 8.23. The predicted octanol–water partition coefficient (Wildman–Crippen LogP) is 1.98. The molecule has 2 aromatic rings. The molecule has 0 aliphatic heterocycles. The standard InChI is InChI=1S/C16H19N3O3S/c1-3-22-14-6-4-12(5-7-14)16(21)19-11(2)15(20)17-8-13-9-23-10-18-13/h4-7,9-11H,3,8H2,1-2H3,(H,17,20)(H,19,21). The van der Waals surface area contributed by atoms with Gasteiger partial charge in [0.2, 0.25) is 5.91 Å². The lowest BCUT2D eigenvalue weighted by Gasteiger charge is -2.14. The third-order valence-corrected chi connectivity index (χ3v) is 3.73. The highest BCUT2D eigenvalue weighted by Gasteiger charge is 2.16. The predicted molar refractivity (Wildman–Crippen MR) is 88.5 cm³/mol. The topological polar surface area (TPSA) is 80.3 Å². The van der Waals surface area contributed by atoms with Crippen molar-refractivity contribution < 1.29 is 14.3 Å². The minimum absolute atomic E-state index is 0.253. The molecule has 1 unspecified atom stereocenters. The highest BCUT2D eigenvalue weighted by atomic mass is 32.1. The number of carbonyl (C=O) groups is 2. The van der Waals surface area contributed by atoms with E-state index in [-0.39, 0.29) is 11.8 Å². The molecule has 0 saturated carbocycles. The summed E-state index contributed by atoms with van der Waals surface area (Å²) < 4.78 is 5.33. The molecule has 0 fully saturated rings. The summed E-state index contributed by atoms with van der Waals surface area (Å²) in [6.07, 6.45) is 0. The van der Waals surface area contributed by atoms with Crippen LogP contribution in [0.25, 0.3) is 0 Å². The quantitative estimate of drug-likeness (QED) is 0.812. The fourth-order valence-electron chi connectivity index (χ4n) is 1.87. The van der Waals surface area contributed by atoms with Crippen LogP contribution in [0, 0.1) is 0 Å². The van der Waals surface area contributed by atoms with Gasteiger partial charge in [0.05, 0.1) is 24.4 Å². The number of hydrogen-bond acceptors (Lipinski definition) is 5. The summed E-state index contributed by atoms with van der Waals surface area (Å²) in [4.78, 5) is 28.2. The lowest BCUT2D eigenvalue weighted by atomic mass is 10.2. The molecule has 1 atom stereocenters. The van der Waals surface area contributed by atoms with Gasteiger partial charge in [-0.3, -0.25) is 9.59 Å². The number of carbonyl (C=O) groups excluding carboxylic acids is 2. The molecular formula is C16H19N3O3S. The van der Waals surface area contributed by atoms with Gasteiger partial charge in [0.15, 0.2) is 0 Å². The van der Waals surface area contributed by atoms with Crippen LogP contribution in [0.5, 0.6) is 5.75 Å². The maximum atomic E-state index is 12.1. The third-order valence-electron chi connectivity index (χ3n) is 3.10. The number of thiazole rings is 1. The molecule has 122 valence electrons. The molecule has 2 N–H and O–H groups in total. The molecule has 0 aliphatic rings. The van der Waals surface area contributed by atoms with E-state index in [4.69, 9.17) is 4.74 Å². The van der Waals surface area contributed by atoms with Crippen LogP contribution < -0.4 is 15.4 Å². The first-order valence-electron chi connectivity index (χ1n) is 7.28. The van der Waals surface area contributed by atoms with Crippen LogP contribution in [0.2, 0.25) is 0 Å². The Morgan fingerprint density at radius 3 is 2.65 bits per heavy atom. The molecule has 0 radical (unpaired) electrons.